The molecule has 0 saturated heterocycles. The van der Waals surface area contributed by atoms with Gasteiger partial charge in [0.25, 0.3) is 0 Å². The fourth-order valence-electron chi connectivity index (χ4n) is 1.86. The van der Waals surface area contributed by atoms with Crippen LogP contribution in [0.4, 0.5) is 5.69 Å². The molecule has 2 heterocycles. The van der Waals surface area contributed by atoms with Crippen molar-refractivity contribution >= 4 is 38.6 Å². The number of nitrogens with one attached hydrogen (secondary N) is 1. The Bertz CT molecular complexity index is 615. The first-order valence-electron chi connectivity index (χ1n) is 5.95. The maximum Gasteiger partial charge on any atom is 0.240 e. The maximum atomic E-state index is 11.5. The van der Waals surface area contributed by atoms with Crippen molar-refractivity contribution in [2.75, 3.05) is 5.32 Å². The van der Waals surface area contributed by atoms with Crippen LogP contribution in [0.5, 0.6) is 0 Å². The fraction of sp³-hybridized carbons (Fsp3) is 0.308. The van der Waals surface area contributed by atoms with Gasteiger partial charge in [0.05, 0.1) is 11.2 Å². The molecule has 6 heteroatoms. The molecule has 0 aliphatic carbocycles. The quantitative estimate of drug-likeness (QED) is 0.905. The Kier molecular flexibility index (Phi) is 3.99. The van der Waals surface area contributed by atoms with Crippen molar-refractivity contribution in [1.82, 2.24) is 9.97 Å². The lowest BCUT2D eigenvalue weighted by Crippen LogP contribution is -2.39. The topological polar surface area (TPSA) is 80.9 Å². The van der Waals surface area contributed by atoms with Crippen molar-refractivity contribution in [3.63, 3.8) is 0 Å². The molecule has 0 fully saturated rings. The number of rotatable bonds is 4. The van der Waals surface area contributed by atoms with E-state index < -0.39 is 6.04 Å². The first-order chi connectivity index (χ1) is 8.99. The lowest BCUT2D eigenvalue weighted by molar-refractivity contribution is -0.119. The van der Waals surface area contributed by atoms with Gasteiger partial charge in [-0.05, 0) is 34.0 Å². The Morgan fingerprint density at radius 2 is 2.16 bits per heavy atom. The third-order valence-electron chi connectivity index (χ3n) is 2.83. The zero-order valence-electron chi connectivity index (χ0n) is 10.7. The summed E-state index contributed by atoms with van der Waals surface area (Å²) >= 11 is 3.36. The van der Waals surface area contributed by atoms with Gasteiger partial charge in [0.2, 0.25) is 5.91 Å². The van der Waals surface area contributed by atoms with Crippen LogP contribution in [0.25, 0.3) is 11.0 Å². The van der Waals surface area contributed by atoms with Gasteiger partial charge in [-0.15, -0.1) is 0 Å². The highest BCUT2D eigenvalue weighted by Crippen LogP contribution is 2.23. The van der Waals surface area contributed by atoms with Crippen LogP contribution >= 0.6 is 15.9 Å². The zero-order valence-corrected chi connectivity index (χ0v) is 12.3. The van der Waals surface area contributed by atoms with Gasteiger partial charge in [-0.1, -0.05) is 13.8 Å². The third kappa shape index (κ3) is 3.01. The zero-order chi connectivity index (χ0) is 14.0. The van der Waals surface area contributed by atoms with E-state index in [1.807, 2.05) is 19.9 Å². The molecule has 5 nitrogen and oxygen atoms in total. The average molecular weight is 323 g/mol. The van der Waals surface area contributed by atoms with Crippen LogP contribution in [-0.2, 0) is 4.79 Å². The van der Waals surface area contributed by atoms with Crippen molar-refractivity contribution < 1.29 is 4.79 Å². The molecule has 0 aliphatic heterocycles. The van der Waals surface area contributed by atoms with E-state index in [-0.39, 0.29) is 11.8 Å². The molecular formula is C13H15BrN4O. The number of aromatic nitrogens is 2. The number of carbonyl (C=O) groups excluding carboxylic acids is 1. The van der Waals surface area contributed by atoms with Crippen molar-refractivity contribution in [2.24, 2.45) is 11.7 Å². The van der Waals surface area contributed by atoms with E-state index in [1.165, 1.54) is 0 Å². The number of hydrogen-bond acceptors (Lipinski definition) is 4. The van der Waals surface area contributed by atoms with Crippen LogP contribution in [0.1, 0.15) is 13.8 Å². The van der Waals surface area contributed by atoms with Gasteiger partial charge in [0.15, 0.2) is 0 Å². The summed E-state index contributed by atoms with van der Waals surface area (Å²) < 4.78 is 0.861. The van der Waals surface area contributed by atoms with E-state index in [0.29, 0.717) is 0 Å². The molecule has 0 aromatic carbocycles. The predicted molar refractivity (Wildman–Crippen MR) is 78.7 cm³/mol. The lowest BCUT2D eigenvalue weighted by Gasteiger charge is -2.20. The third-order valence-corrected chi connectivity index (χ3v) is 3.26. The Morgan fingerprint density at radius 1 is 1.42 bits per heavy atom. The summed E-state index contributed by atoms with van der Waals surface area (Å²) in [5, 5.41) is 3.15. The SMILES string of the molecule is CC(C)C(Nc1ccnc2cc(Br)cnc12)C(N)=O. The van der Waals surface area contributed by atoms with Crippen LogP contribution in [0, 0.1) is 5.92 Å². The summed E-state index contributed by atoms with van der Waals surface area (Å²) in [6.07, 6.45) is 3.38. The summed E-state index contributed by atoms with van der Waals surface area (Å²) in [6.45, 7) is 3.88. The van der Waals surface area contributed by atoms with E-state index in [2.05, 4.69) is 31.2 Å². The second-order valence-electron chi connectivity index (χ2n) is 4.65. The van der Waals surface area contributed by atoms with E-state index in [4.69, 9.17) is 5.73 Å². The highest BCUT2D eigenvalue weighted by molar-refractivity contribution is 9.10. The Labute approximate surface area is 119 Å². The molecule has 1 amide bonds. The molecule has 2 rings (SSSR count). The molecule has 2 aromatic rings. The van der Waals surface area contributed by atoms with Gasteiger partial charge >= 0.3 is 0 Å². The van der Waals surface area contributed by atoms with E-state index in [9.17, 15) is 4.79 Å². The lowest BCUT2D eigenvalue weighted by atomic mass is 10.0. The molecule has 0 saturated carbocycles. The Morgan fingerprint density at radius 3 is 2.79 bits per heavy atom. The molecule has 100 valence electrons. The molecule has 19 heavy (non-hydrogen) atoms. The fourth-order valence-corrected chi connectivity index (χ4v) is 2.18. The first kappa shape index (κ1) is 13.7. The van der Waals surface area contributed by atoms with Gasteiger partial charge in [-0.25, -0.2) is 0 Å². The normalized spacial score (nSPS) is 12.6. The molecule has 1 unspecified atom stereocenters. The largest absolute Gasteiger partial charge is 0.372 e. The Balaban J connectivity index is 2.42. The number of pyridine rings is 2. The second kappa shape index (κ2) is 5.52. The van der Waals surface area contributed by atoms with Crippen molar-refractivity contribution in [3.05, 3.63) is 29.0 Å². The number of primary amides is 1. The van der Waals surface area contributed by atoms with Gasteiger partial charge in [0.1, 0.15) is 11.6 Å². The van der Waals surface area contributed by atoms with Crippen LogP contribution < -0.4 is 11.1 Å². The van der Waals surface area contributed by atoms with Crippen molar-refractivity contribution in [3.8, 4) is 0 Å². The van der Waals surface area contributed by atoms with Crippen LogP contribution in [-0.4, -0.2) is 21.9 Å². The monoisotopic (exact) mass is 322 g/mol. The molecule has 0 radical (unpaired) electrons. The molecule has 3 N–H and O–H groups in total. The van der Waals surface area contributed by atoms with Gasteiger partial charge in [-0.3, -0.25) is 14.8 Å². The van der Waals surface area contributed by atoms with Gasteiger partial charge < -0.3 is 11.1 Å². The predicted octanol–water partition coefficient (Wildman–Crippen LogP) is 2.31. The Hall–Kier alpha value is -1.69. The number of hydrogen-bond donors (Lipinski definition) is 2. The van der Waals surface area contributed by atoms with E-state index >= 15 is 0 Å². The number of nitrogens with two attached hydrogens (primary N) is 1. The first-order valence-corrected chi connectivity index (χ1v) is 6.74. The molecular weight excluding hydrogens is 308 g/mol. The van der Waals surface area contributed by atoms with Crippen molar-refractivity contribution in [1.29, 1.82) is 0 Å². The molecule has 2 aromatic heterocycles. The number of halogens is 1. The van der Waals surface area contributed by atoms with E-state index in [0.717, 1.165) is 21.2 Å². The van der Waals surface area contributed by atoms with Crippen LogP contribution in [0.3, 0.4) is 0 Å². The molecule has 1 atom stereocenters. The highest BCUT2D eigenvalue weighted by Gasteiger charge is 2.20. The standard InChI is InChI=1S/C13H15BrN4O/c1-7(2)11(13(15)19)18-9-3-4-16-10-5-8(14)6-17-12(9)10/h3-7,11H,1-2H3,(H2,15,19)(H,16,18). The van der Waals surface area contributed by atoms with Crippen LogP contribution in [0.2, 0.25) is 0 Å². The van der Waals surface area contributed by atoms with E-state index in [1.54, 1.807) is 18.5 Å². The number of amides is 1. The number of carbonyl (C=O) groups is 1. The van der Waals surface area contributed by atoms with Crippen molar-refractivity contribution in [2.45, 2.75) is 19.9 Å². The minimum atomic E-state index is -0.434. The summed E-state index contributed by atoms with van der Waals surface area (Å²) in [4.78, 5) is 20.0. The molecule has 0 aliphatic rings. The highest BCUT2D eigenvalue weighted by atomic mass is 79.9. The summed E-state index contributed by atoms with van der Waals surface area (Å²) in [6, 6.07) is 3.24. The molecule has 0 bridgehead atoms. The summed E-state index contributed by atoms with van der Waals surface area (Å²) in [5.74, 6) is -0.284. The average Bonchev–Trinajstić information content (AvgIpc) is 2.34. The number of nitrogens with zero attached hydrogens (tertiary/aromatic N) is 2. The smallest absolute Gasteiger partial charge is 0.240 e. The van der Waals surface area contributed by atoms with Gasteiger partial charge in [-0.2, -0.15) is 0 Å². The van der Waals surface area contributed by atoms with Gasteiger partial charge in [0, 0.05) is 16.9 Å². The second-order valence-corrected chi connectivity index (χ2v) is 5.56. The van der Waals surface area contributed by atoms with Crippen LogP contribution in [0.15, 0.2) is 29.0 Å². The minimum Gasteiger partial charge on any atom is -0.372 e. The summed E-state index contributed by atoms with van der Waals surface area (Å²) in [5.41, 5.74) is 7.64. The minimum absolute atomic E-state index is 0.0937. The number of fused-ring (bicyclic) bond motifs is 1. The number of anilines is 1. The molecule has 0 spiro atoms. The summed E-state index contributed by atoms with van der Waals surface area (Å²) in [7, 11) is 0. The maximum absolute atomic E-state index is 11.5.